The van der Waals surface area contributed by atoms with Crippen molar-refractivity contribution < 1.29 is 9.53 Å². The Morgan fingerprint density at radius 3 is 2.52 bits per heavy atom. The molecule has 1 heterocycles. The van der Waals surface area contributed by atoms with Crippen LogP contribution in [0.3, 0.4) is 0 Å². The van der Waals surface area contributed by atoms with E-state index in [-0.39, 0.29) is 5.91 Å². The number of carbonyl (C=O) groups is 1. The van der Waals surface area contributed by atoms with Crippen LogP contribution in [-0.2, 0) is 11.4 Å². The quantitative estimate of drug-likeness (QED) is 0.348. The molecule has 0 saturated carbocycles. The van der Waals surface area contributed by atoms with Crippen LogP contribution < -0.4 is 10.1 Å². The Morgan fingerprint density at radius 1 is 0.909 bits per heavy atom. The maximum atomic E-state index is 12.5. The molecule has 5 heteroatoms. The number of fused-ring (bicyclic) bond motifs is 1. The molecule has 0 radical (unpaired) electrons. The highest BCUT2D eigenvalue weighted by Crippen LogP contribution is 2.31. The Balaban J connectivity index is 1.33. The Hall–Kier alpha value is -3.83. The molecule has 5 rings (SSSR count). The van der Waals surface area contributed by atoms with Crippen LogP contribution in [0.5, 0.6) is 5.75 Å². The summed E-state index contributed by atoms with van der Waals surface area (Å²) in [5.41, 5.74) is 3.93. The third-order valence-electron chi connectivity index (χ3n) is 5.33. The molecule has 1 amide bonds. The summed E-state index contributed by atoms with van der Waals surface area (Å²) in [5, 5.41) is 5.82. The van der Waals surface area contributed by atoms with E-state index in [2.05, 4.69) is 40.6 Å². The second-order valence-electron chi connectivity index (χ2n) is 7.83. The summed E-state index contributed by atoms with van der Waals surface area (Å²) in [6.45, 7) is 2.48. The molecule has 4 aromatic carbocycles. The third kappa shape index (κ3) is 4.99. The number of nitrogens with one attached hydrogen (secondary N) is 1. The van der Waals surface area contributed by atoms with E-state index in [1.807, 2.05) is 73.7 Å². The van der Waals surface area contributed by atoms with Gasteiger partial charge in [0.25, 0.3) is 5.91 Å². The van der Waals surface area contributed by atoms with E-state index >= 15 is 0 Å². The molecule has 1 fully saturated rings. The van der Waals surface area contributed by atoms with Crippen molar-refractivity contribution in [2.75, 3.05) is 0 Å². The smallest absolute Gasteiger partial charge is 0.264 e. The lowest BCUT2D eigenvalue weighted by atomic mass is 10.1. The van der Waals surface area contributed by atoms with E-state index in [9.17, 15) is 4.79 Å². The molecular formula is C28H22N2O2S. The van der Waals surface area contributed by atoms with Crippen molar-refractivity contribution in [2.24, 2.45) is 4.99 Å². The van der Waals surface area contributed by atoms with Gasteiger partial charge in [-0.1, -0.05) is 72.3 Å². The first-order chi connectivity index (χ1) is 16.1. The van der Waals surface area contributed by atoms with Crippen molar-refractivity contribution in [2.45, 2.75) is 13.5 Å². The molecule has 162 valence electrons. The fourth-order valence-electron chi connectivity index (χ4n) is 3.58. The van der Waals surface area contributed by atoms with Gasteiger partial charge in [0.15, 0.2) is 5.17 Å². The fourth-order valence-corrected chi connectivity index (χ4v) is 4.41. The second kappa shape index (κ2) is 9.35. The number of amidine groups is 1. The highest BCUT2D eigenvalue weighted by atomic mass is 32.2. The minimum Gasteiger partial charge on any atom is -0.488 e. The molecule has 0 bridgehead atoms. The summed E-state index contributed by atoms with van der Waals surface area (Å²) in [4.78, 5) is 17.7. The number of hydrogen-bond donors (Lipinski definition) is 1. The average molecular weight is 451 g/mol. The van der Waals surface area contributed by atoms with Gasteiger partial charge in [0, 0.05) is 5.56 Å². The molecule has 1 aliphatic heterocycles. The predicted octanol–water partition coefficient (Wildman–Crippen LogP) is 6.62. The Morgan fingerprint density at radius 2 is 1.67 bits per heavy atom. The van der Waals surface area contributed by atoms with Gasteiger partial charge in [-0.15, -0.1) is 0 Å². The number of rotatable bonds is 5. The molecule has 0 spiro atoms. The van der Waals surface area contributed by atoms with E-state index in [1.54, 1.807) is 0 Å². The van der Waals surface area contributed by atoms with Gasteiger partial charge in [0.1, 0.15) is 12.4 Å². The highest BCUT2D eigenvalue weighted by molar-refractivity contribution is 8.18. The monoisotopic (exact) mass is 450 g/mol. The number of aryl methyl sites for hydroxylation is 1. The van der Waals surface area contributed by atoms with Crippen molar-refractivity contribution in [1.29, 1.82) is 0 Å². The number of amides is 1. The SMILES string of the molecule is Cc1ccc(N=C2NC(=O)/C(=C\c3ccccc3OCc3ccc4ccccc4c3)S2)cc1. The first kappa shape index (κ1) is 21.0. The van der Waals surface area contributed by atoms with Crippen LogP contribution >= 0.6 is 11.8 Å². The van der Waals surface area contributed by atoms with E-state index in [0.29, 0.717) is 16.7 Å². The fraction of sp³-hybridized carbons (Fsp3) is 0.0714. The topological polar surface area (TPSA) is 50.7 Å². The lowest BCUT2D eigenvalue weighted by molar-refractivity contribution is -0.115. The number of nitrogens with zero attached hydrogens (tertiary/aromatic N) is 1. The van der Waals surface area contributed by atoms with E-state index in [0.717, 1.165) is 22.6 Å². The summed E-state index contributed by atoms with van der Waals surface area (Å²) in [7, 11) is 0. The van der Waals surface area contributed by atoms with Crippen LogP contribution in [0.2, 0.25) is 0 Å². The zero-order chi connectivity index (χ0) is 22.6. The molecule has 33 heavy (non-hydrogen) atoms. The number of carbonyl (C=O) groups excluding carboxylic acids is 1. The maximum Gasteiger partial charge on any atom is 0.264 e. The van der Waals surface area contributed by atoms with Crippen molar-refractivity contribution in [3.8, 4) is 5.75 Å². The summed E-state index contributed by atoms with van der Waals surface area (Å²) in [6, 6.07) is 30.2. The van der Waals surface area contributed by atoms with E-state index < -0.39 is 0 Å². The minimum atomic E-state index is -0.157. The largest absolute Gasteiger partial charge is 0.488 e. The second-order valence-corrected chi connectivity index (χ2v) is 8.86. The number of thioether (sulfide) groups is 1. The summed E-state index contributed by atoms with van der Waals surface area (Å²) < 4.78 is 6.14. The predicted molar refractivity (Wildman–Crippen MR) is 137 cm³/mol. The summed E-state index contributed by atoms with van der Waals surface area (Å²) >= 11 is 1.33. The molecule has 1 aliphatic rings. The van der Waals surface area contributed by atoms with Gasteiger partial charge in [-0.2, -0.15) is 0 Å². The first-order valence-corrected chi connectivity index (χ1v) is 11.5. The van der Waals surface area contributed by atoms with Gasteiger partial charge in [0.05, 0.1) is 10.6 Å². The Labute approximate surface area is 197 Å². The van der Waals surface area contributed by atoms with E-state index in [1.165, 1.54) is 28.1 Å². The number of aliphatic imine (C=N–C) groups is 1. The van der Waals surface area contributed by atoms with Gasteiger partial charge in [-0.3, -0.25) is 4.79 Å². The molecule has 4 aromatic rings. The molecule has 1 N–H and O–H groups in total. The average Bonchev–Trinajstić information content (AvgIpc) is 3.18. The molecule has 0 aliphatic carbocycles. The van der Waals surface area contributed by atoms with Gasteiger partial charge < -0.3 is 10.1 Å². The maximum absolute atomic E-state index is 12.5. The van der Waals surface area contributed by atoms with E-state index in [4.69, 9.17) is 4.74 Å². The Kier molecular flexibility index (Phi) is 5.96. The zero-order valence-electron chi connectivity index (χ0n) is 18.1. The van der Waals surface area contributed by atoms with Crippen molar-refractivity contribution in [3.05, 3.63) is 113 Å². The Bertz CT molecular complexity index is 1390. The third-order valence-corrected chi connectivity index (χ3v) is 6.24. The van der Waals surface area contributed by atoms with Gasteiger partial charge in [-0.05, 0) is 65.4 Å². The van der Waals surface area contributed by atoms with Crippen LogP contribution in [0.15, 0.2) is 101 Å². The summed E-state index contributed by atoms with van der Waals surface area (Å²) in [5.74, 6) is 0.575. The molecular weight excluding hydrogens is 428 g/mol. The lowest BCUT2D eigenvalue weighted by Gasteiger charge is -2.10. The van der Waals surface area contributed by atoms with Crippen LogP contribution in [0.25, 0.3) is 16.8 Å². The van der Waals surface area contributed by atoms with Crippen LogP contribution in [0.4, 0.5) is 5.69 Å². The normalized spacial score (nSPS) is 15.8. The van der Waals surface area contributed by atoms with Crippen molar-refractivity contribution in [1.82, 2.24) is 5.32 Å². The van der Waals surface area contributed by atoms with Crippen LogP contribution in [-0.4, -0.2) is 11.1 Å². The van der Waals surface area contributed by atoms with Gasteiger partial charge >= 0.3 is 0 Å². The zero-order valence-corrected chi connectivity index (χ0v) is 18.9. The first-order valence-electron chi connectivity index (χ1n) is 10.7. The van der Waals surface area contributed by atoms with Crippen molar-refractivity contribution in [3.63, 3.8) is 0 Å². The molecule has 4 nitrogen and oxygen atoms in total. The molecule has 0 atom stereocenters. The van der Waals surface area contributed by atoms with Crippen molar-refractivity contribution >= 4 is 45.4 Å². The van der Waals surface area contributed by atoms with Gasteiger partial charge in [-0.25, -0.2) is 4.99 Å². The highest BCUT2D eigenvalue weighted by Gasteiger charge is 2.24. The molecule has 1 saturated heterocycles. The number of hydrogen-bond acceptors (Lipinski definition) is 4. The summed E-state index contributed by atoms with van der Waals surface area (Å²) in [6.07, 6.45) is 1.85. The molecule has 0 aromatic heterocycles. The standard InChI is InChI=1S/C28H22N2O2S/c1-19-10-14-24(15-11-19)29-28-30-27(31)26(33-28)17-23-8-4-5-9-25(23)32-18-20-12-13-21-6-2-3-7-22(21)16-20/h2-17H,18H2,1H3,(H,29,30,31)/b26-17+. The number of benzene rings is 4. The minimum absolute atomic E-state index is 0.157. The number of para-hydroxylation sites is 1. The number of ether oxygens (including phenoxy) is 1. The van der Waals surface area contributed by atoms with Gasteiger partial charge in [0.2, 0.25) is 0 Å². The van der Waals surface area contributed by atoms with Crippen LogP contribution in [0, 0.1) is 6.92 Å². The molecule has 0 unspecified atom stereocenters. The lowest BCUT2D eigenvalue weighted by Crippen LogP contribution is -2.19. The van der Waals surface area contributed by atoms with Crippen LogP contribution in [0.1, 0.15) is 16.7 Å².